The molecule has 2 heterocycles. The molecule has 9 heteroatoms. The van der Waals surface area contributed by atoms with Gasteiger partial charge in [0.2, 0.25) is 6.79 Å². The van der Waals surface area contributed by atoms with Crippen LogP contribution in [0.1, 0.15) is 34.5 Å². The van der Waals surface area contributed by atoms with Crippen LogP contribution in [0.15, 0.2) is 24.3 Å². The largest absolute Gasteiger partial charge is 0.493 e. The number of methoxy groups -OCH3 is 2. The Bertz CT molecular complexity index is 1070. The quantitative estimate of drug-likeness (QED) is 0.790. The number of carbonyl (C=O) groups is 2. The first kappa shape index (κ1) is 20.2. The van der Waals surface area contributed by atoms with Crippen LogP contribution < -0.4 is 18.9 Å². The zero-order chi connectivity index (χ0) is 21.8. The minimum atomic E-state index is -1.53. The highest BCUT2D eigenvalue weighted by Gasteiger charge is 2.54. The Hall–Kier alpha value is -3.13. The molecule has 2 atom stereocenters. The van der Waals surface area contributed by atoms with Gasteiger partial charge in [-0.1, -0.05) is 11.6 Å². The first-order valence-electron chi connectivity index (χ1n) is 9.10. The van der Waals surface area contributed by atoms with Gasteiger partial charge in [0.25, 0.3) is 5.91 Å². The van der Waals surface area contributed by atoms with Gasteiger partial charge in [-0.05, 0) is 36.2 Å². The first-order valence-corrected chi connectivity index (χ1v) is 9.47. The van der Waals surface area contributed by atoms with Crippen LogP contribution in [0.25, 0.3) is 0 Å². The van der Waals surface area contributed by atoms with Crippen molar-refractivity contribution in [1.82, 2.24) is 4.90 Å². The Morgan fingerprint density at radius 3 is 2.37 bits per heavy atom. The van der Waals surface area contributed by atoms with E-state index >= 15 is 0 Å². The SMILES string of the molecule is COc1cc2c(cc1OC)[C@@](C)(C(=O)O)[C@@H](c1cc3c(cc1Cl)OCO3)N(C)C2=O. The van der Waals surface area contributed by atoms with Gasteiger partial charge in [-0.25, -0.2) is 0 Å². The Morgan fingerprint density at radius 1 is 1.17 bits per heavy atom. The molecule has 0 radical (unpaired) electrons. The van der Waals surface area contributed by atoms with Crippen molar-refractivity contribution in [1.29, 1.82) is 0 Å². The van der Waals surface area contributed by atoms with Crippen molar-refractivity contribution in [3.63, 3.8) is 0 Å². The molecular formula is C21H20ClNO7. The molecule has 8 nitrogen and oxygen atoms in total. The highest BCUT2D eigenvalue weighted by molar-refractivity contribution is 6.31. The summed E-state index contributed by atoms with van der Waals surface area (Å²) in [5.41, 5.74) is -0.542. The lowest BCUT2D eigenvalue weighted by Crippen LogP contribution is -2.53. The number of carboxylic acid groups (broad SMARTS) is 1. The molecule has 0 saturated carbocycles. The van der Waals surface area contributed by atoms with Crippen LogP contribution in [0.4, 0.5) is 0 Å². The number of halogens is 1. The Kier molecular flexibility index (Phi) is 4.69. The molecule has 0 spiro atoms. The standard InChI is InChI=1S/C21H20ClNO7/c1-21(20(25)26)12-7-15(28-4)14(27-3)5-10(12)19(24)23(2)18(21)11-6-16-17(8-13(11)22)30-9-29-16/h5-8,18H,9H2,1-4H3,(H,25,26)/t18-,21-/m1/s1. The molecule has 2 aliphatic heterocycles. The summed E-state index contributed by atoms with van der Waals surface area (Å²) in [7, 11) is 4.45. The number of carbonyl (C=O) groups excluding carboxylic acids is 1. The predicted molar refractivity (Wildman–Crippen MR) is 107 cm³/mol. The summed E-state index contributed by atoms with van der Waals surface area (Å²) in [5, 5.41) is 10.6. The van der Waals surface area contributed by atoms with Crippen LogP contribution in [-0.2, 0) is 10.2 Å². The Balaban J connectivity index is 2.00. The summed E-state index contributed by atoms with van der Waals surface area (Å²) < 4.78 is 21.4. The number of hydrogen-bond acceptors (Lipinski definition) is 6. The minimum Gasteiger partial charge on any atom is -0.493 e. The molecule has 4 rings (SSSR count). The van der Waals surface area contributed by atoms with Crippen molar-refractivity contribution < 1.29 is 33.6 Å². The van der Waals surface area contributed by atoms with E-state index in [0.29, 0.717) is 34.1 Å². The Labute approximate surface area is 177 Å². The van der Waals surface area contributed by atoms with E-state index in [1.54, 1.807) is 32.2 Å². The second-order valence-electron chi connectivity index (χ2n) is 7.31. The molecule has 2 aromatic carbocycles. The van der Waals surface area contributed by atoms with Gasteiger partial charge < -0.3 is 29.0 Å². The van der Waals surface area contributed by atoms with E-state index < -0.39 is 17.4 Å². The van der Waals surface area contributed by atoms with Gasteiger partial charge >= 0.3 is 5.97 Å². The molecule has 1 N–H and O–H groups in total. The van der Waals surface area contributed by atoms with E-state index in [4.69, 9.17) is 30.5 Å². The molecule has 0 bridgehead atoms. The summed E-state index contributed by atoms with van der Waals surface area (Å²) in [6, 6.07) is 5.35. The van der Waals surface area contributed by atoms with Crippen molar-refractivity contribution in [3.8, 4) is 23.0 Å². The van der Waals surface area contributed by atoms with Crippen LogP contribution in [-0.4, -0.2) is 49.9 Å². The van der Waals surface area contributed by atoms with Crippen LogP contribution >= 0.6 is 11.6 Å². The molecule has 0 aliphatic carbocycles. The second kappa shape index (κ2) is 6.98. The van der Waals surface area contributed by atoms with E-state index in [1.807, 2.05) is 0 Å². The monoisotopic (exact) mass is 433 g/mol. The number of likely N-dealkylation sites (N-methyl/N-ethyl adjacent to an activating group) is 1. The number of aliphatic carboxylic acids is 1. The van der Waals surface area contributed by atoms with Crippen molar-refractivity contribution in [3.05, 3.63) is 46.0 Å². The maximum absolute atomic E-state index is 13.3. The summed E-state index contributed by atoms with van der Waals surface area (Å²) >= 11 is 6.51. The fourth-order valence-corrected chi connectivity index (χ4v) is 4.48. The fourth-order valence-electron chi connectivity index (χ4n) is 4.22. The molecule has 1 amide bonds. The van der Waals surface area contributed by atoms with Gasteiger partial charge in [0.15, 0.2) is 23.0 Å². The van der Waals surface area contributed by atoms with Crippen molar-refractivity contribution in [2.45, 2.75) is 18.4 Å². The molecule has 0 fully saturated rings. The average Bonchev–Trinajstić information content (AvgIpc) is 3.18. The van der Waals surface area contributed by atoms with Crippen LogP contribution in [0, 0.1) is 0 Å². The van der Waals surface area contributed by atoms with Crippen molar-refractivity contribution in [2.24, 2.45) is 0 Å². The molecular weight excluding hydrogens is 414 g/mol. The van der Waals surface area contributed by atoms with Gasteiger partial charge in [-0.3, -0.25) is 9.59 Å². The Morgan fingerprint density at radius 2 is 1.77 bits per heavy atom. The summed E-state index contributed by atoms with van der Waals surface area (Å²) in [6.45, 7) is 1.61. The second-order valence-corrected chi connectivity index (χ2v) is 7.71. The predicted octanol–water partition coefficient (Wildman–Crippen LogP) is 3.26. The summed E-state index contributed by atoms with van der Waals surface area (Å²) in [4.78, 5) is 27.3. The molecule has 0 saturated heterocycles. The first-order chi connectivity index (χ1) is 14.2. The van der Waals surface area contributed by atoms with Gasteiger partial charge in [-0.15, -0.1) is 0 Å². The summed E-state index contributed by atoms with van der Waals surface area (Å²) in [5.74, 6) is 0.109. The van der Waals surface area contributed by atoms with Crippen LogP contribution in [0.3, 0.4) is 0 Å². The average molecular weight is 434 g/mol. The number of carboxylic acids is 1. The lowest BCUT2D eigenvalue weighted by Gasteiger charge is -2.45. The third-order valence-electron chi connectivity index (χ3n) is 5.80. The van der Waals surface area contributed by atoms with Crippen LogP contribution in [0.5, 0.6) is 23.0 Å². The fraction of sp³-hybridized carbons (Fsp3) is 0.333. The van der Waals surface area contributed by atoms with E-state index in [9.17, 15) is 14.7 Å². The minimum absolute atomic E-state index is 0.0462. The number of fused-ring (bicyclic) bond motifs is 2. The molecule has 30 heavy (non-hydrogen) atoms. The lowest BCUT2D eigenvalue weighted by atomic mass is 9.68. The van der Waals surface area contributed by atoms with Gasteiger partial charge in [0.05, 0.1) is 20.3 Å². The number of nitrogens with zero attached hydrogens (tertiary/aromatic N) is 1. The zero-order valence-corrected chi connectivity index (χ0v) is 17.6. The van der Waals surface area contributed by atoms with E-state index in [1.165, 1.54) is 25.2 Å². The van der Waals surface area contributed by atoms with Gasteiger partial charge in [-0.2, -0.15) is 0 Å². The highest BCUT2D eigenvalue weighted by atomic mass is 35.5. The molecule has 0 unspecified atom stereocenters. The normalized spacial score (nSPS) is 22.0. The smallest absolute Gasteiger partial charge is 0.316 e. The highest BCUT2D eigenvalue weighted by Crippen LogP contribution is 2.52. The van der Waals surface area contributed by atoms with Gasteiger partial charge in [0, 0.05) is 23.7 Å². The van der Waals surface area contributed by atoms with E-state index in [0.717, 1.165) is 0 Å². The molecule has 0 aromatic heterocycles. The number of rotatable bonds is 4. The molecule has 2 aromatic rings. The number of benzene rings is 2. The van der Waals surface area contributed by atoms with E-state index in [-0.39, 0.29) is 23.3 Å². The number of ether oxygens (including phenoxy) is 4. The number of hydrogen-bond donors (Lipinski definition) is 1. The zero-order valence-electron chi connectivity index (χ0n) is 16.8. The lowest BCUT2D eigenvalue weighted by molar-refractivity contribution is -0.146. The van der Waals surface area contributed by atoms with E-state index in [2.05, 4.69) is 0 Å². The van der Waals surface area contributed by atoms with Crippen molar-refractivity contribution in [2.75, 3.05) is 28.1 Å². The maximum atomic E-state index is 13.3. The van der Waals surface area contributed by atoms with Gasteiger partial charge in [0.1, 0.15) is 5.41 Å². The molecule has 158 valence electrons. The van der Waals surface area contributed by atoms with Crippen LogP contribution in [0.2, 0.25) is 5.02 Å². The van der Waals surface area contributed by atoms with Crippen molar-refractivity contribution >= 4 is 23.5 Å². The third kappa shape index (κ3) is 2.67. The number of amides is 1. The third-order valence-corrected chi connectivity index (χ3v) is 6.13. The summed E-state index contributed by atoms with van der Waals surface area (Å²) in [6.07, 6.45) is 0. The topological polar surface area (TPSA) is 94.5 Å². The maximum Gasteiger partial charge on any atom is 0.316 e. The molecule has 2 aliphatic rings.